The SMILES string of the molecule is COc1cc(C(=S)NC[C@@H]2CCCO2)ccc1OCc1ccccc1. The molecule has 0 aliphatic carbocycles. The molecule has 0 aromatic heterocycles. The van der Waals surface area contributed by atoms with Crippen molar-refractivity contribution in [1.29, 1.82) is 0 Å². The van der Waals surface area contributed by atoms with Gasteiger partial charge in [0.05, 0.1) is 13.2 Å². The minimum Gasteiger partial charge on any atom is -0.493 e. The Morgan fingerprint density at radius 3 is 2.76 bits per heavy atom. The van der Waals surface area contributed by atoms with E-state index < -0.39 is 0 Å². The average Bonchev–Trinajstić information content (AvgIpc) is 3.18. The van der Waals surface area contributed by atoms with Crippen LogP contribution in [0.25, 0.3) is 0 Å². The Morgan fingerprint density at radius 2 is 2.04 bits per heavy atom. The van der Waals surface area contributed by atoms with E-state index in [2.05, 4.69) is 5.32 Å². The van der Waals surface area contributed by atoms with Crippen molar-refractivity contribution in [1.82, 2.24) is 5.32 Å². The van der Waals surface area contributed by atoms with Gasteiger partial charge in [-0.15, -0.1) is 0 Å². The Kier molecular flexibility index (Phi) is 6.25. The molecule has 0 amide bonds. The van der Waals surface area contributed by atoms with Crippen molar-refractivity contribution in [2.45, 2.75) is 25.6 Å². The summed E-state index contributed by atoms with van der Waals surface area (Å²) in [6.07, 6.45) is 2.47. The molecule has 3 rings (SSSR count). The second kappa shape index (κ2) is 8.83. The number of hydrogen-bond acceptors (Lipinski definition) is 4. The largest absolute Gasteiger partial charge is 0.493 e. The van der Waals surface area contributed by atoms with E-state index in [4.69, 9.17) is 26.4 Å². The zero-order chi connectivity index (χ0) is 17.5. The van der Waals surface area contributed by atoms with Crippen molar-refractivity contribution in [2.75, 3.05) is 20.3 Å². The highest BCUT2D eigenvalue weighted by Crippen LogP contribution is 2.29. The van der Waals surface area contributed by atoms with Crippen molar-refractivity contribution in [3.63, 3.8) is 0 Å². The highest BCUT2D eigenvalue weighted by molar-refractivity contribution is 7.80. The molecule has 1 fully saturated rings. The molecule has 0 spiro atoms. The van der Waals surface area contributed by atoms with Crippen LogP contribution in [0.5, 0.6) is 11.5 Å². The Hall–Kier alpha value is -2.11. The summed E-state index contributed by atoms with van der Waals surface area (Å²) in [5.41, 5.74) is 2.03. The van der Waals surface area contributed by atoms with Gasteiger partial charge >= 0.3 is 0 Å². The smallest absolute Gasteiger partial charge is 0.161 e. The van der Waals surface area contributed by atoms with Crippen LogP contribution in [0.4, 0.5) is 0 Å². The number of nitrogens with one attached hydrogen (secondary N) is 1. The first-order valence-electron chi connectivity index (χ1n) is 8.51. The summed E-state index contributed by atoms with van der Waals surface area (Å²) in [4.78, 5) is 0.698. The second-order valence-corrected chi connectivity index (χ2v) is 6.39. The van der Waals surface area contributed by atoms with Gasteiger partial charge in [-0.05, 0) is 36.6 Å². The Labute approximate surface area is 154 Å². The molecular weight excluding hydrogens is 334 g/mol. The second-order valence-electron chi connectivity index (χ2n) is 5.98. The van der Waals surface area contributed by atoms with E-state index in [1.807, 2.05) is 48.5 Å². The van der Waals surface area contributed by atoms with E-state index in [-0.39, 0.29) is 6.10 Å². The number of methoxy groups -OCH3 is 1. The van der Waals surface area contributed by atoms with Crippen LogP contribution in [0.15, 0.2) is 48.5 Å². The average molecular weight is 357 g/mol. The lowest BCUT2D eigenvalue weighted by molar-refractivity contribution is 0.114. The Bertz CT molecular complexity index is 699. The van der Waals surface area contributed by atoms with Crippen molar-refractivity contribution in [3.8, 4) is 11.5 Å². The van der Waals surface area contributed by atoms with Crippen molar-refractivity contribution >= 4 is 17.2 Å². The zero-order valence-corrected chi connectivity index (χ0v) is 15.2. The molecule has 0 bridgehead atoms. The van der Waals surface area contributed by atoms with E-state index in [0.717, 1.165) is 37.1 Å². The number of benzene rings is 2. The van der Waals surface area contributed by atoms with Crippen molar-refractivity contribution in [3.05, 3.63) is 59.7 Å². The standard InChI is InChI=1S/C20H23NO3S/c1-22-19-12-16(20(25)21-13-17-8-5-11-23-17)9-10-18(19)24-14-15-6-3-2-4-7-15/h2-4,6-7,9-10,12,17H,5,8,11,13-14H2,1H3,(H,21,25)/t17-/m0/s1. The maximum atomic E-state index is 5.88. The molecule has 0 radical (unpaired) electrons. The molecule has 1 N–H and O–H groups in total. The first-order chi connectivity index (χ1) is 12.3. The molecule has 1 saturated heterocycles. The van der Waals surface area contributed by atoms with E-state index in [1.54, 1.807) is 7.11 Å². The third-order valence-electron chi connectivity index (χ3n) is 4.18. The molecule has 0 saturated carbocycles. The predicted octanol–water partition coefficient (Wildman–Crippen LogP) is 3.72. The van der Waals surface area contributed by atoms with Gasteiger partial charge in [-0.3, -0.25) is 0 Å². The van der Waals surface area contributed by atoms with Gasteiger partial charge in [-0.2, -0.15) is 0 Å². The highest BCUT2D eigenvalue weighted by Gasteiger charge is 2.16. The van der Waals surface area contributed by atoms with Crippen LogP contribution in [-0.4, -0.2) is 31.4 Å². The van der Waals surface area contributed by atoms with Gasteiger partial charge in [0.25, 0.3) is 0 Å². The maximum absolute atomic E-state index is 5.88. The monoisotopic (exact) mass is 357 g/mol. The van der Waals surface area contributed by atoms with Crippen LogP contribution >= 0.6 is 12.2 Å². The third kappa shape index (κ3) is 4.94. The van der Waals surface area contributed by atoms with Crippen LogP contribution in [-0.2, 0) is 11.3 Å². The van der Waals surface area contributed by atoms with Gasteiger partial charge in [0.2, 0.25) is 0 Å². The molecule has 4 nitrogen and oxygen atoms in total. The van der Waals surface area contributed by atoms with Crippen LogP contribution < -0.4 is 14.8 Å². The maximum Gasteiger partial charge on any atom is 0.161 e. The number of hydrogen-bond donors (Lipinski definition) is 1. The van der Waals surface area contributed by atoms with Gasteiger partial charge in [-0.1, -0.05) is 42.5 Å². The first-order valence-corrected chi connectivity index (χ1v) is 8.91. The molecule has 1 heterocycles. The lowest BCUT2D eigenvalue weighted by atomic mass is 10.2. The lowest BCUT2D eigenvalue weighted by Crippen LogP contribution is -2.31. The summed E-state index contributed by atoms with van der Waals surface area (Å²) in [6, 6.07) is 15.8. The summed E-state index contributed by atoms with van der Waals surface area (Å²) in [5, 5.41) is 3.28. The normalized spacial score (nSPS) is 16.4. The topological polar surface area (TPSA) is 39.7 Å². The molecule has 25 heavy (non-hydrogen) atoms. The van der Waals surface area contributed by atoms with Gasteiger partial charge in [0.15, 0.2) is 11.5 Å². The minimum absolute atomic E-state index is 0.258. The fourth-order valence-electron chi connectivity index (χ4n) is 2.78. The molecule has 0 unspecified atom stereocenters. The van der Waals surface area contributed by atoms with Crippen molar-refractivity contribution < 1.29 is 14.2 Å². The minimum atomic E-state index is 0.258. The molecule has 2 aromatic rings. The predicted molar refractivity (Wildman–Crippen MR) is 102 cm³/mol. The van der Waals surface area contributed by atoms with Crippen LogP contribution in [0.3, 0.4) is 0 Å². The van der Waals surface area contributed by atoms with E-state index >= 15 is 0 Å². The third-order valence-corrected chi connectivity index (χ3v) is 4.56. The fraction of sp³-hybridized carbons (Fsp3) is 0.350. The van der Waals surface area contributed by atoms with E-state index in [9.17, 15) is 0 Å². The van der Waals surface area contributed by atoms with Gasteiger partial charge < -0.3 is 19.5 Å². The van der Waals surface area contributed by atoms with E-state index in [1.165, 1.54) is 0 Å². The molecule has 1 atom stereocenters. The van der Waals surface area contributed by atoms with E-state index in [0.29, 0.717) is 23.1 Å². The Balaban J connectivity index is 1.61. The first kappa shape index (κ1) is 17.7. The molecule has 2 aromatic carbocycles. The van der Waals surface area contributed by atoms with Crippen LogP contribution in [0.1, 0.15) is 24.0 Å². The molecule has 132 valence electrons. The quantitative estimate of drug-likeness (QED) is 0.765. The van der Waals surface area contributed by atoms with Crippen LogP contribution in [0.2, 0.25) is 0 Å². The summed E-state index contributed by atoms with van der Waals surface area (Å²) < 4.78 is 17.0. The summed E-state index contributed by atoms with van der Waals surface area (Å²) >= 11 is 5.48. The number of ether oxygens (including phenoxy) is 3. The van der Waals surface area contributed by atoms with Gasteiger partial charge in [0.1, 0.15) is 11.6 Å². The molecule has 1 aliphatic heterocycles. The fourth-order valence-corrected chi connectivity index (χ4v) is 2.99. The summed E-state index contributed by atoms with van der Waals surface area (Å²) in [7, 11) is 1.64. The lowest BCUT2D eigenvalue weighted by Gasteiger charge is -2.15. The molecule has 1 aliphatic rings. The zero-order valence-electron chi connectivity index (χ0n) is 14.4. The summed E-state index contributed by atoms with van der Waals surface area (Å²) in [6.45, 7) is 2.09. The van der Waals surface area contributed by atoms with Gasteiger partial charge in [-0.25, -0.2) is 0 Å². The van der Waals surface area contributed by atoms with Crippen LogP contribution in [0, 0.1) is 0 Å². The number of thiocarbonyl (C=S) groups is 1. The van der Waals surface area contributed by atoms with Gasteiger partial charge in [0, 0.05) is 18.7 Å². The molecule has 5 heteroatoms. The van der Waals surface area contributed by atoms with Crippen molar-refractivity contribution in [2.24, 2.45) is 0 Å². The highest BCUT2D eigenvalue weighted by atomic mass is 32.1. The Morgan fingerprint density at radius 1 is 1.20 bits per heavy atom. The molecular formula is C20H23NO3S. The number of rotatable bonds is 7. The summed E-state index contributed by atoms with van der Waals surface area (Å²) in [5.74, 6) is 1.38.